The van der Waals surface area contributed by atoms with Gasteiger partial charge >= 0.3 is 0 Å². The summed E-state index contributed by atoms with van der Waals surface area (Å²) in [6, 6.07) is 18.5. The Kier molecular flexibility index (Phi) is 12.6. The molecule has 1 amide bonds. The number of hydrogen-bond acceptors (Lipinski definition) is 12. The van der Waals surface area contributed by atoms with Crippen molar-refractivity contribution in [2.75, 3.05) is 46.6 Å². The molecule has 0 atom stereocenters. The molecule has 1 aromatic heterocycles. The van der Waals surface area contributed by atoms with Gasteiger partial charge in [-0.2, -0.15) is 15.0 Å². The summed E-state index contributed by atoms with van der Waals surface area (Å²) in [5.74, 6) is 1.49. The molecule has 0 bridgehead atoms. The number of carbonyl (C=O) groups excluding carboxylic acids is 1. The van der Waals surface area contributed by atoms with Crippen LogP contribution in [-0.2, 0) is 0 Å². The summed E-state index contributed by atoms with van der Waals surface area (Å²) in [4.78, 5) is 31.6. The van der Waals surface area contributed by atoms with E-state index in [0.717, 1.165) is 62.6 Å². The molecule has 0 aliphatic carbocycles. The summed E-state index contributed by atoms with van der Waals surface area (Å²) < 4.78 is 0. The van der Waals surface area contributed by atoms with Crippen LogP contribution in [0.1, 0.15) is 54.6 Å². The molecule has 13 nitrogen and oxygen atoms in total. The molecule has 0 radical (unpaired) electrons. The molecule has 3 aromatic carbocycles. The van der Waals surface area contributed by atoms with Gasteiger partial charge in [-0.1, -0.05) is 30.3 Å². The van der Waals surface area contributed by atoms with Crippen molar-refractivity contribution < 1.29 is 15.6 Å². The van der Waals surface area contributed by atoms with Crippen LogP contribution in [0.25, 0.3) is 10.8 Å². The van der Waals surface area contributed by atoms with Crippen LogP contribution in [0.4, 0.5) is 29.2 Å². The number of piperidine rings is 2. The largest absolute Gasteiger partial charge is 0.506 e. The van der Waals surface area contributed by atoms with Gasteiger partial charge in [-0.15, -0.1) is 0 Å². The summed E-state index contributed by atoms with van der Waals surface area (Å²) in [5.41, 5.74) is 1.48. The second-order valence-corrected chi connectivity index (χ2v) is 10.2. The number of anilines is 5. The van der Waals surface area contributed by atoms with Crippen LogP contribution >= 0.6 is 0 Å². The van der Waals surface area contributed by atoms with Crippen molar-refractivity contribution in [1.82, 2.24) is 39.6 Å². The third-order valence-corrected chi connectivity index (χ3v) is 7.40. The number of phenols is 1. The summed E-state index contributed by atoms with van der Waals surface area (Å²) >= 11 is 0. The van der Waals surface area contributed by atoms with E-state index in [1.165, 1.54) is 12.8 Å². The first-order valence-corrected chi connectivity index (χ1v) is 13.8. The van der Waals surface area contributed by atoms with Gasteiger partial charge in [0.15, 0.2) is 0 Å². The SMILES string of the molecule is N.N.N.N.O=C(Nc1ccc(Nc2nc(N3CCCCC3)nc(N3CCCCC3)n2)cc1O)c1ccc2ccccc2c1.[HH].[HH].[HH].[HH]. The van der Waals surface area contributed by atoms with E-state index in [0.29, 0.717) is 34.8 Å². The Balaban J connectivity index is -0.00000242. The minimum atomic E-state index is -0.286. The molecule has 2 saturated heterocycles. The molecule has 15 N–H and O–H groups in total. The van der Waals surface area contributed by atoms with Crippen LogP contribution in [0.15, 0.2) is 60.7 Å². The maximum atomic E-state index is 12.9. The van der Waals surface area contributed by atoms with E-state index >= 15 is 0 Å². The summed E-state index contributed by atoms with van der Waals surface area (Å²) in [6.07, 6.45) is 6.99. The smallest absolute Gasteiger partial charge is 0.255 e. The van der Waals surface area contributed by atoms with E-state index in [4.69, 9.17) is 15.0 Å². The van der Waals surface area contributed by atoms with Crippen molar-refractivity contribution in [2.45, 2.75) is 38.5 Å². The normalized spacial score (nSPS) is 14.3. The number of benzene rings is 3. The highest BCUT2D eigenvalue weighted by molar-refractivity contribution is 6.07. The summed E-state index contributed by atoms with van der Waals surface area (Å²) in [7, 11) is 0. The predicted molar refractivity (Wildman–Crippen MR) is 184 cm³/mol. The highest BCUT2D eigenvalue weighted by atomic mass is 16.3. The van der Waals surface area contributed by atoms with Gasteiger partial charge in [0.2, 0.25) is 17.8 Å². The van der Waals surface area contributed by atoms with E-state index in [1.807, 2.05) is 36.4 Å². The summed E-state index contributed by atoms with van der Waals surface area (Å²) in [6.45, 7) is 3.76. The number of nitrogens with one attached hydrogen (secondary N) is 2. The number of aromatic hydroxyl groups is 1. The van der Waals surface area contributed by atoms with Gasteiger partial charge in [-0.3, -0.25) is 4.79 Å². The van der Waals surface area contributed by atoms with E-state index < -0.39 is 0 Å². The number of hydrogen-bond donors (Lipinski definition) is 7. The monoisotopic (exact) mass is 599 g/mol. The van der Waals surface area contributed by atoms with Gasteiger partial charge < -0.3 is 50.1 Å². The highest BCUT2D eigenvalue weighted by Crippen LogP contribution is 2.30. The van der Waals surface area contributed by atoms with E-state index in [-0.39, 0.29) is 42.0 Å². The number of nitrogens with zero attached hydrogens (tertiary/aromatic N) is 5. The third-order valence-electron chi connectivity index (χ3n) is 7.40. The lowest BCUT2D eigenvalue weighted by Gasteiger charge is -2.30. The Labute approximate surface area is 258 Å². The molecule has 2 aliphatic rings. The molecule has 0 saturated carbocycles. The van der Waals surface area contributed by atoms with Gasteiger partial charge in [0.25, 0.3) is 5.91 Å². The minimum Gasteiger partial charge on any atom is -0.506 e. The van der Waals surface area contributed by atoms with Gasteiger partial charge in [-0.05, 0) is 73.6 Å². The molecule has 13 heteroatoms. The van der Waals surface area contributed by atoms with Crippen LogP contribution in [0.5, 0.6) is 5.75 Å². The Morgan fingerprint density at radius 2 is 1.28 bits per heavy atom. The van der Waals surface area contributed by atoms with Crippen molar-refractivity contribution >= 4 is 45.9 Å². The van der Waals surface area contributed by atoms with E-state index in [2.05, 4.69) is 20.4 Å². The first-order chi connectivity index (χ1) is 19.1. The van der Waals surface area contributed by atoms with Crippen LogP contribution < -0.4 is 45.0 Å². The molecule has 2 fully saturated rings. The molecule has 0 spiro atoms. The Morgan fingerprint density at radius 3 is 1.86 bits per heavy atom. The standard InChI is InChI=1S/C30H33N7O2.4H3N.4H2/c38-26-20-24(13-14-25(26)32-27(39)23-12-11-21-9-3-4-10-22(21)19-23)31-28-33-29(36-15-5-1-6-16-36)35-30(34-28)37-17-7-2-8-18-37;;;;;;;;/h3-4,9-14,19-20,38H,1-2,5-8,15-18H2,(H,32,39)(H,31,33,34,35);4*1H3;4*1H. The van der Waals surface area contributed by atoms with Gasteiger partial charge in [-0.25, -0.2) is 0 Å². The highest BCUT2D eigenvalue weighted by Gasteiger charge is 2.21. The van der Waals surface area contributed by atoms with Crippen LogP contribution in [0.3, 0.4) is 0 Å². The molecular formula is C30H53N11O2. The van der Waals surface area contributed by atoms with Crippen molar-refractivity contribution in [3.8, 4) is 5.75 Å². The van der Waals surface area contributed by atoms with E-state index in [1.54, 1.807) is 24.3 Å². The number of phenolic OH excluding ortho intramolecular Hbond substituents is 1. The predicted octanol–water partition coefficient (Wildman–Crippen LogP) is 7.34. The maximum Gasteiger partial charge on any atom is 0.255 e. The molecule has 0 unspecified atom stereocenters. The topological polar surface area (TPSA) is 247 Å². The zero-order chi connectivity index (χ0) is 26.6. The van der Waals surface area contributed by atoms with Gasteiger partial charge in [0, 0.05) is 49.2 Å². The number of carbonyl (C=O) groups is 1. The fourth-order valence-electron chi connectivity index (χ4n) is 5.25. The molecule has 43 heavy (non-hydrogen) atoms. The van der Waals surface area contributed by atoms with Crippen molar-refractivity contribution in [2.24, 2.45) is 0 Å². The van der Waals surface area contributed by atoms with Crippen molar-refractivity contribution in [1.29, 1.82) is 0 Å². The van der Waals surface area contributed by atoms with Crippen LogP contribution in [-0.4, -0.2) is 52.1 Å². The van der Waals surface area contributed by atoms with Gasteiger partial charge in [0.1, 0.15) is 5.75 Å². The fourth-order valence-corrected chi connectivity index (χ4v) is 5.25. The van der Waals surface area contributed by atoms with Crippen molar-refractivity contribution in [3.05, 3.63) is 66.2 Å². The third kappa shape index (κ3) is 8.05. The van der Waals surface area contributed by atoms with E-state index in [9.17, 15) is 9.90 Å². The van der Waals surface area contributed by atoms with Crippen LogP contribution in [0, 0.1) is 0 Å². The second-order valence-electron chi connectivity index (χ2n) is 10.2. The quantitative estimate of drug-likeness (QED) is 0.107. The Morgan fingerprint density at radius 1 is 0.698 bits per heavy atom. The lowest BCUT2D eigenvalue weighted by Crippen LogP contribution is -2.34. The summed E-state index contributed by atoms with van der Waals surface area (Å²) in [5, 5.41) is 18.8. The number of fused-ring (bicyclic) bond motifs is 1. The Bertz CT molecular complexity index is 1470. The molecule has 3 heterocycles. The Hall–Kier alpha value is -4.56. The lowest BCUT2D eigenvalue weighted by molar-refractivity contribution is 0.102. The number of rotatable bonds is 6. The molecule has 240 valence electrons. The lowest BCUT2D eigenvalue weighted by atomic mass is 10.1. The first-order valence-electron chi connectivity index (χ1n) is 13.8. The zero-order valence-electron chi connectivity index (χ0n) is 24.8. The molecule has 4 aromatic rings. The maximum absolute atomic E-state index is 12.9. The minimum absolute atomic E-state index is 0. The average molecular weight is 600 g/mol. The number of aromatic nitrogens is 3. The zero-order valence-corrected chi connectivity index (χ0v) is 24.8. The molecule has 6 rings (SSSR count). The van der Waals surface area contributed by atoms with Gasteiger partial charge in [0.05, 0.1) is 5.69 Å². The fraction of sp³-hybridized carbons (Fsp3) is 0.333. The molecular weight excluding hydrogens is 546 g/mol. The average Bonchev–Trinajstić information content (AvgIpc) is 2.99. The first kappa shape index (κ1) is 34.6. The second kappa shape index (κ2) is 15.6. The van der Waals surface area contributed by atoms with Crippen LogP contribution in [0.2, 0.25) is 0 Å². The van der Waals surface area contributed by atoms with Crippen molar-refractivity contribution in [3.63, 3.8) is 0 Å². The molecule has 2 aliphatic heterocycles. The number of amides is 1.